The highest BCUT2D eigenvalue weighted by Crippen LogP contribution is 2.36. The Morgan fingerprint density at radius 1 is 1.03 bits per heavy atom. The van der Waals surface area contributed by atoms with Gasteiger partial charge in [-0.05, 0) is 18.2 Å². The van der Waals surface area contributed by atoms with Gasteiger partial charge >= 0.3 is 12.1 Å². The number of benzene rings is 2. The van der Waals surface area contributed by atoms with E-state index in [-0.39, 0.29) is 11.1 Å². The number of morpholine rings is 1. The van der Waals surface area contributed by atoms with E-state index in [1.165, 1.54) is 0 Å². The Labute approximate surface area is 168 Å². The number of hydrogen-bond acceptors (Lipinski definition) is 6. The molecule has 2 heterocycles. The normalized spacial score (nSPS) is 16.9. The van der Waals surface area contributed by atoms with Crippen LogP contribution in [0.25, 0.3) is 10.8 Å². The second kappa shape index (κ2) is 7.60. The lowest BCUT2D eigenvalue weighted by Crippen LogP contribution is -2.43. The molecule has 2 aliphatic heterocycles. The lowest BCUT2D eigenvalue weighted by Gasteiger charge is -2.32. The Morgan fingerprint density at radius 2 is 1.70 bits per heavy atom. The van der Waals surface area contributed by atoms with Gasteiger partial charge < -0.3 is 14.4 Å². The number of ether oxygens (including phenoxy) is 2. The zero-order valence-corrected chi connectivity index (χ0v) is 15.7. The van der Waals surface area contributed by atoms with E-state index >= 15 is 0 Å². The van der Waals surface area contributed by atoms with Gasteiger partial charge in [0.15, 0.2) is 0 Å². The zero-order chi connectivity index (χ0) is 21.5. The van der Waals surface area contributed by atoms with Crippen LogP contribution in [0.4, 0.5) is 18.9 Å². The van der Waals surface area contributed by atoms with Gasteiger partial charge in [0.25, 0.3) is 11.8 Å². The molecule has 0 spiro atoms. The monoisotopic (exact) mass is 422 g/mol. The van der Waals surface area contributed by atoms with Gasteiger partial charge in [-0.1, -0.05) is 12.1 Å². The molecule has 0 saturated carbocycles. The van der Waals surface area contributed by atoms with E-state index in [9.17, 15) is 27.6 Å². The summed E-state index contributed by atoms with van der Waals surface area (Å²) in [7, 11) is 0. The molecule has 7 nitrogen and oxygen atoms in total. The van der Waals surface area contributed by atoms with Crippen LogP contribution in [0, 0.1) is 0 Å². The van der Waals surface area contributed by atoms with Crippen molar-refractivity contribution < 1.29 is 37.0 Å². The minimum atomic E-state index is -5.13. The van der Waals surface area contributed by atoms with Crippen LogP contribution < -0.4 is 4.90 Å². The van der Waals surface area contributed by atoms with Gasteiger partial charge in [0.1, 0.15) is 6.61 Å². The summed E-state index contributed by atoms with van der Waals surface area (Å²) >= 11 is 0. The lowest BCUT2D eigenvalue weighted by atomic mass is 9.92. The largest absolute Gasteiger partial charge is 0.490 e. The summed E-state index contributed by atoms with van der Waals surface area (Å²) in [5.41, 5.74) is 1.44. The fraction of sp³-hybridized carbons (Fsp3) is 0.350. The predicted molar refractivity (Wildman–Crippen MR) is 99.4 cm³/mol. The van der Waals surface area contributed by atoms with Crippen molar-refractivity contribution in [2.75, 3.05) is 44.4 Å². The van der Waals surface area contributed by atoms with E-state index in [1.54, 1.807) is 24.3 Å². The molecule has 2 aliphatic rings. The summed E-state index contributed by atoms with van der Waals surface area (Å²) in [6, 6.07) is 8.50. The molecule has 0 aliphatic carbocycles. The van der Waals surface area contributed by atoms with Crippen LogP contribution in [-0.4, -0.2) is 68.3 Å². The molecule has 0 bridgehead atoms. The molecule has 2 aromatic carbocycles. The number of halogens is 3. The maximum Gasteiger partial charge on any atom is 0.490 e. The van der Waals surface area contributed by atoms with Gasteiger partial charge in [0, 0.05) is 40.7 Å². The van der Waals surface area contributed by atoms with Crippen LogP contribution in [0.15, 0.2) is 30.3 Å². The van der Waals surface area contributed by atoms with E-state index in [4.69, 9.17) is 4.74 Å². The number of anilines is 1. The summed E-state index contributed by atoms with van der Waals surface area (Å²) in [5.74, 6) is -3.64. The molecular weight excluding hydrogens is 405 g/mol. The molecule has 1 fully saturated rings. The molecule has 0 aromatic heterocycles. The summed E-state index contributed by atoms with van der Waals surface area (Å²) in [6.45, 7) is 1.29. The highest BCUT2D eigenvalue weighted by molar-refractivity contribution is 6.26. The summed E-state index contributed by atoms with van der Waals surface area (Å²) in [6.07, 6.45) is -5.13. The molecule has 0 atom stereocenters. The number of nitrogens with zero attached hydrogens (tertiary/aromatic N) is 2. The fourth-order valence-electron chi connectivity index (χ4n) is 3.73. The maximum absolute atomic E-state index is 12.9. The van der Waals surface area contributed by atoms with Crippen LogP contribution >= 0.6 is 0 Å². The third kappa shape index (κ3) is 3.47. The number of imide groups is 1. The van der Waals surface area contributed by atoms with Gasteiger partial charge in [-0.2, -0.15) is 13.2 Å². The second-order valence-corrected chi connectivity index (χ2v) is 6.86. The van der Waals surface area contributed by atoms with Crippen molar-refractivity contribution in [3.63, 3.8) is 0 Å². The van der Waals surface area contributed by atoms with Crippen molar-refractivity contribution in [1.29, 1.82) is 0 Å². The van der Waals surface area contributed by atoms with Crippen LogP contribution in [0.5, 0.6) is 0 Å². The molecule has 2 amide bonds. The van der Waals surface area contributed by atoms with Gasteiger partial charge in [-0.25, -0.2) is 4.79 Å². The lowest BCUT2D eigenvalue weighted by molar-refractivity contribution is -0.199. The van der Waals surface area contributed by atoms with Crippen LogP contribution in [-0.2, 0) is 14.3 Å². The number of alkyl halides is 3. The third-order valence-corrected chi connectivity index (χ3v) is 5.10. The van der Waals surface area contributed by atoms with Crippen LogP contribution in [0.2, 0.25) is 0 Å². The van der Waals surface area contributed by atoms with Crippen molar-refractivity contribution >= 4 is 34.2 Å². The summed E-state index contributed by atoms with van der Waals surface area (Å²) in [5, 5.41) is 1.26. The smallest absolute Gasteiger partial charge is 0.457 e. The van der Waals surface area contributed by atoms with E-state index in [0.29, 0.717) is 31.7 Å². The number of hydrogen-bond donors (Lipinski definition) is 0. The van der Waals surface area contributed by atoms with Crippen molar-refractivity contribution in [3.8, 4) is 0 Å². The quantitative estimate of drug-likeness (QED) is 0.556. The minimum Gasteiger partial charge on any atom is -0.457 e. The standard InChI is InChI=1S/C20H17F3N2O5/c21-20(22,23)19(28)30-11-8-25-17(26)13-3-1-2-12-15(24-6-9-29-10-7-24)5-4-14(16(12)13)18(25)27/h1-5H,6-11H2. The Hall–Kier alpha value is -3.14. The molecule has 4 rings (SSSR count). The highest BCUT2D eigenvalue weighted by atomic mass is 19.4. The first-order chi connectivity index (χ1) is 14.3. The first-order valence-electron chi connectivity index (χ1n) is 9.27. The van der Waals surface area contributed by atoms with E-state index in [0.717, 1.165) is 16.0 Å². The number of amides is 2. The number of rotatable bonds is 4. The van der Waals surface area contributed by atoms with E-state index in [2.05, 4.69) is 9.64 Å². The number of carbonyl (C=O) groups excluding carboxylic acids is 3. The Morgan fingerprint density at radius 3 is 2.37 bits per heavy atom. The molecule has 1 saturated heterocycles. The summed E-state index contributed by atoms with van der Waals surface area (Å²) < 4.78 is 46.3. The maximum atomic E-state index is 12.9. The van der Waals surface area contributed by atoms with Gasteiger partial charge in [0.2, 0.25) is 0 Å². The molecule has 0 radical (unpaired) electrons. The molecule has 30 heavy (non-hydrogen) atoms. The molecular formula is C20H17F3N2O5. The SMILES string of the molecule is O=C1c2cccc3c(N4CCOCC4)ccc(c23)C(=O)N1CCOC(=O)C(F)(F)F. The van der Waals surface area contributed by atoms with Gasteiger partial charge in [-0.15, -0.1) is 0 Å². The molecule has 0 N–H and O–H groups in total. The number of carbonyl (C=O) groups is 3. The average Bonchev–Trinajstić information content (AvgIpc) is 2.73. The topological polar surface area (TPSA) is 76.2 Å². The van der Waals surface area contributed by atoms with Crippen molar-refractivity contribution in [1.82, 2.24) is 4.90 Å². The first-order valence-corrected chi connectivity index (χ1v) is 9.27. The van der Waals surface area contributed by atoms with Crippen LogP contribution in [0.1, 0.15) is 20.7 Å². The zero-order valence-electron chi connectivity index (χ0n) is 15.7. The molecule has 10 heteroatoms. The Kier molecular flexibility index (Phi) is 5.10. The Bertz CT molecular complexity index is 1010. The third-order valence-electron chi connectivity index (χ3n) is 5.10. The molecule has 158 valence electrons. The van der Waals surface area contributed by atoms with Crippen LogP contribution in [0.3, 0.4) is 0 Å². The fourth-order valence-corrected chi connectivity index (χ4v) is 3.73. The van der Waals surface area contributed by atoms with Crippen molar-refractivity contribution in [3.05, 3.63) is 41.5 Å². The average molecular weight is 422 g/mol. The van der Waals surface area contributed by atoms with Crippen molar-refractivity contribution in [2.24, 2.45) is 0 Å². The van der Waals surface area contributed by atoms with Crippen molar-refractivity contribution in [2.45, 2.75) is 6.18 Å². The summed E-state index contributed by atoms with van der Waals surface area (Å²) in [4.78, 5) is 39.5. The molecule has 2 aromatic rings. The number of esters is 1. The minimum absolute atomic E-state index is 0.277. The predicted octanol–water partition coefficient (Wildman–Crippen LogP) is 2.38. The van der Waals surface area contributed by atoms with E-state index in [1.807, 2.05) is 6.07 Å². The van der Waals surface area contributed by atoms with Gasteiger partial charge in [0.05, 0.1) is 19.8 Å². The Balaban J connectivity index is 1.63. The highest BCUT2D eigenvalue weighted by Gasteiger charge is 2.41. The van der Waals surface area contributed by atoms with Gasteiger partial charge in [-0.3, -0.25) is 14.5 Å². The first kappa shape index (κ1) is 20.1. The molecule has 0 unspecified atom stereocenters. The van der Waals surface area contributed by atoms with E-state index < -0.39 is 37.1 Å². The second-order valence-electron chi connectivity index (χ2n) is 6.86.